The van der Waals surface area contributed by atoms with Gasteiger partial charge in [-0.05, 0) is 36.1 Å². The van der Waals surface area contributed by atoms with Gasteiger partial charge in [0.15, 0.2) is 0 Å². The van der Waals surface area contributed by atoms with Crippen molar-refractivity contribution in [3.05, 3.63) is 34.3 Å². The molecule has 2 fully saturated rings. The predicted molar refractivity (Wildman–Crippen MR) is 82.3 cm³/mol. The van der Waals surface area contributed by atoms with Gasteiger partial charge in [0.05, 0.1) is 0 Å². The minimum absolute atomic E-state index is 0.640. The van der Waals surface area contributed by atoms with Crippen LogP contribution in [-0.4, -0.2) is 55.1 Å². The molecule has 0 aromatic heterocycles. The van der Waals surface area contributed by atoms with Crippen LogP contribution in [0.3, 0.4) is 0 Å². The molecule has 0 amide bonds. The van der Waals surface area contributed by atoms with Gasteiger partial charge in [0.25, 0.3) is 0 Å². The van der Waals surface area contributed by atoms with Gasteiger partial charge in [0.1, 0.15) is 0 Å². The van der Waals surface area contributed by atoms with Gasteiger partial charge in [-0.15, -0.1) is 0 Å². The number of fused-ring (bicyclic) bond motifs is 1. The van der Waals surface area contributed by atoms with E-state index in [1.54, 1.807) is 0 Å². The van der Waals surface area contributed by atoms with Gasteiger partial charge in [-0.25, -0.2) is 0 Å². The van der Waals surface area contributed by atoms with Crippen LogP contribution in [-0.2, 0) is 6.42 Å². The van der Waals surface area contributed by atoms with Gasteiger partial charge in [-0.1, -0.05) is 17.7 Å². The molecule has 4 rings (SSSR count). The first kappa shape index (κ1) is 13.1. The van der Waals surface area contributed by atoms with Crippen molar-refractivity contribution >= 4 is 11.6 Å². The van der Waals surface area contributed by atoms with Crippen LogP contribution < -0.4 is 5.32 Å². The van der Waals surface area contributed by atoms with E-state index in [0.717, 1.165) is 24.2 Å². The minimum Gasteiger partial charge on any atom is -0.314 e. The Hall–Kier alpha value is -0.610. The third-order valence-electron chi connectivity index (χ3n) is 5.15. The summed E-state index contributed by atoms with van der Waals surface area (Å²) < 4.78 is 0. The maximum Gasteiger partial charge on any atom is 0.0408 e. The Bertz CT molecular complexity index is 492. The van der Waals surface area contributed by atoms with Crippen LogP contribution >= 0.6 is 11.6 Å². The van der Waals surface area contributed by atoms with Crippen molar-refractivity contribution in [1.29, 1.82) is 0 Å². The number of nitrogens with one attached hydrogen (secondary N) is 1. The SMILES string of the molecule is Clc1ccc2c(c1)CCC2N1CC(N2CCNCC2)C1. The number of rotatable bonds is 2. The third-order valence-corrected chi connectivity index (χ3v) is 5.39. The summed E-state index contributed by atoms with van der Waals surface area (Å²) in [6, 6.07) is 7.87. The molecule has 1 atom stereocenters. The van der Waals surface area contributed by atoms with E-state index < -0.39 is 0 Å². The van der Waals surface area contributed by atoms with Crippen molar-refractivity contribution < 1.29 is 0 Å². The molecule has 0 saturated carbocycles. The van der Waals surface area contributed by atoms with Crippen molar-refractivity contribution in [3.8, 4) is 0 Å². The van der Waals surface area contributed by atoms with Gasteiger partial charge >= 0.3 is 0 Å². The van der Waals surface area contributed by atoms with Crippen LogP contribution in [0.2, 0.25) is 5.02 Å². The molecule has 2 heterocycles. The summed E-state index contributed by atoms with van der Waals surface area (Å²) in [5.74, 6) is 0. The summed E-state index contributed by atoms with van der Waals surface area (Å²) in [5, 5.41) is 4.32. The number of halogens is 1. The predicted octanol–water partition coefficient (Wildman–Crippen LogP) is 1.92. The highest BCUT2D eigenvalue weighted by atomic mass is 35.5. The summed E-state index contributed by atoms with van der Waals surface area (Å²) in [6.45, 7) is 7.23. The molecule has 0 radical (unpaired) electrons. The molecule has 3 aliphatic rings. The van der Waals surface area contributed by atoms with E-state index in [0.29, 0.717) is 6.04 Å². The van der Waals surface area contributed by atoms with E-state index in [9.17, 15) is 0 Å². The normalized spacial score (nSPS) is 28.4. The second kappa shape index (κ2) is 5.30. The first-order chi connectivity index (χ1) is 9.81. The molecule has 2 aliphatic heterocycles. The molecule has 1 unspecified atom stereocenters. The molecule has 1 aromatic carbocycles. The monoisotopic (exact) mass is 291 g/mol. The average Bonchev–Trinajstić information content (AvgIpc) is 2.81. The molecular formula is C16H22ClN3. The van der Waals surface area contributed by atoms with Crippen LogP contribution in [0, 0.1) is 0 Å². The highest BCUT2D eigenvalue weighted by Gasteiger charge is 2.38. The van der Waals surface area contributed by atoms with Crippen LogP contribution in [0.1, 0.15) is 23.6 Å². The Kier molecular flexibility index (Phi) is 3.47. The van der Waals surface area contributed by atoms with Crippen LogP contribution in [0.15, 0.2) is 18.2 Å². The zero-order valence-corrected chi connectivity index (χ0v) is 12.6. The fourth-order valence-corrected chi connectivity index (χ4v) is 4.16. The highest BCUT2D eigenvalue weighted by molar-refractivity contribution is 6.30. The third kappa shape index (κ3) is 2.27. The summed E-state index contributed by atoms with van der Waals surface area (Å²) in [7, 11) is 0. The lowest BCUT2D eigenvalue weighted by atomic mass is 9.99. The Labute approximate surface area is 125 Å². The topological polar surface area (TPSA) is 18.5 Å². The molecule has 1 N–H and O–H groups in total. The second-order valence-corrected chi connectivity index (χ2v) is 6.73. The average molecular weight is 292 g/mol. The fourth-order valence-electron chi connectivity index (χ4n) is 3.96. The molecular weight excluding hydrogens is 270 g/mol. The maximum absolute atomic E-state index is 6.10. The van der Waals surface area contributed by atoms with Crippen molar-refractivity contribution in [1.82, 2.24) is 15.1 Å². The van der Waals surface area contributed by atoms with Crippen molar-refractivity contribution in [2.75, 3.05) is 39.3 Å². The van der Waals surface area contributed by atoms with E-state index in [2.05, 4.69) is 27.2 Å². The quantitative estimate of drug-likeness (QED) is 0.898. The zero-order valence-electron chi connectivity index (χ0n) is 11.8. The van der Waals surface area contributed by atoms with E-state index in [4.69, 9.17) is 11.6 Å². The zero-order chi connectivity index (χ0) is 13.5. The number of aryl methyl sites for hydroxylation is 1. The second-order valence-electron chi connectivity index (χ2n) is 6.29. The summed E-state index contributed by atoms with van der Waals surface area (Å²) in [4.78, 5) is 5.32. The number of likely N-dealkylation sites (tertiary alicyclic amines) is 1. The summed E-state index contributed by atoms with van der Waals surface area (Å²) in [6.07, 6.45) is 2.46. The number of hydrogen-bond donors (Lipinski definition) is 1. The molecule has 1 aromatic rings. The van der Waals surface area contributed by atoms with Gasteiger partial charge in [-0.3, -0.25) is 9.80 Å². The molecule has 108 valence electrons. The largest absolute Gasteiger partial charge is 0.314 e. The molecule has 0 bridgehead atoms. The first-order valence-corrected chi connectivity index (χ1v) is 8.16. The summed E-state index contributed by atoms with van der Waals surface area (Å²) >= 11 is 6.10. The van der Waals surface area contributed by atoms with Crippen molar-refractivity contribution in [3.63, 3.8) is 0 Å². The summed E-state index contributed by atoms with van der Waals surface area (Å²) in [5.41, 5.74) is 2.99. The Morgan fingerprint density at radius 3 is 2.70 bits per heavy atom. The highest BCUT2D eigenvalue weighted by Crippen LogP contribution is 2.39. The number of benzene rings is 1. The molecule has 4 heteroatoms. The van der Waals surface area contributed by atoms with Gasteiger partial charge in [-0.2, -0.15) is 0 Å². The smallest absolute Gasteiger partial charge is 0.0408 e. The first-order valence-electron chi connectivity index (χ1n) is 7.78. The van der Waals surface area contributed by atoms with Gasteiger partial charge in [0.2, 0.25) is 0 Å². The lowest BCUT2D eigenvalue weighted by molar-refractivity contribution is -0.000809. The van der Waals surface area contributed by atoms with Crippen LogP contribution in [0.25, 0.3) is 0 Å². The minimum atomic E-state index is 0.640. The fraction of sp³-hybridized carbons (Fsp3) is 0.625. The van der Waals surface area contributed by atoms with E-state index >= 15 is 0 Å². The van der Waals surface area contributed by atoms with Crippen molar-refractivity contribution in [2.24, 2.45) is 0 Å². The molecule has 0 spiro atoms. The van der Waals surface area contributed by atoms with Gasteiger partial charge in [0, 0.05) is 56.4 Å². The van der Waals surface area contributed by atoms with Crippen LogP contribution in [0.5, 0.6) is 0 Å². The molecule has 2 saturated heterocycles. The Balaban J connectivity index is 1.40. The molecule has 20 heavy (non-hydrogen) atoms. The maximum atomic E-state index is 6.10. The van der Waals surface area contributed by atoms with Gasteiger partial charge < -0.3 is 5.32 Å². The molecule has 1 aliphatic carbocycles. The van der Waals surface area contributed by atoms with E-state index in [1.165, 1.54) is 50.1 Å². The Morgan fingerprint density at radius 2 is 1.90 bits per heavy atom. The van der Waals surface area contributed by atoms with Crippen molar-refractivity contribution in [2.45, 2.75) is 24.9 Å². The lowest BCUT2D eigenvalue weighted by Crippen LogP contribution is -2.63. The lowest BCUT2D eigenvalue weighted by Gasteiger charge is -2.49. The number of hydrogen-bond acceptors (Lipinski definition) is 3. The van der Waals surface area contributed by atoms with E-state index in [-0.39, 0.29) is 0 Å². The number of piperazine rings is 1. The Morgan fingerprint density at radius 1 is 1.10 bits per heavy atom. The van der Waals surface area contributed by atoms with Crippen LogP contribution in [0.4, 0.5) is 0 Å². The standard InChI is InChI=1S/C16H22ClN3/c17-13-2-3-15-12(9-13)1-4-16(15)20-10-14(11-20)19-7-5-18-6-8-19/h2-3,9,14,16,18H,1,4-8,10-11H2. The number of nitrogens with zero attached hydrogens (tertiary/aromatic N) is 2. The molecule has 3 nitrogen and oxygen atoms in total. The van der Waals surface area contributed by atoms with E-state index in [1.807, 2.05) is 6.07 Å².